The van der Waals surface area contributed by atoms with E-state index in [2.05, 4.69) is 20.9 Å². The molecule has 0 bridgehead atoms. The van der Waals surface area contributed by atoms with Crippen LogP contribution >= 0.6 is 15.9 Å². The van der Waals surface area contributed by atoms with Gasteiger partial charge in [-0.25, -0.2) is 4.98 Å². The van der Waals surface area contributed by atoms with E-state index >= 15 is 0 Å². The lowest BCUT2D eigenvalue weighted by molar-refractivity contribution is -0.140. The number of benzene rings is 1. The minimum Gasteiger partial charge on any atom is -0.443 e. The van der Waals surface area contributed by atoms with Gasteiger partial charge in [0.05, 0.1) is 11.6 Å². The first-order valence-corrected chi connectivity index (χ1v) is 8.96. The molecule has 1 aliphatic rings. The molecule has 2 amide bonds. The number of amides is 2. The van der Waals surface area contributed by atoms with E-state index in [4.69, 9.17) is 4.42 Å². The lowest BCUT2D eigenvalue weighted by Gasteiger charge is -2.22. The highest BCUT2D eigenvalue weighted by atomic mass is 79.9. The summed E-state index contributed by atoms with van der Waals surface area (Å²) in [4.78, 5) is 30.9. The number of halogens is 1. The first-order chi connectivity index (χ1) is 11.6. The van der Waals surface area contributed by atoms with E-state index in [1.807, 2.05) is 52.0 Å². The third-order valence-corrected chi connectivity index (χ3v) is 5.12. The van der Waals surface area contributed by atoms with Gasteiger partial charge < -0.3 is 4.42 Å². The second-order valence-electron chi connectivity index (χ2n) is 7.67. The summed E-state index contributed by atoms with van der Waals surface area (Å²) < 4.78 is 6.67. The molecule has 0 N–H and O–H groups in total. The van der Waals surface area contributed by atoms with Gasteiger partial charge in [0, 0.05) is 16.3 Å². The smallest absolute Gasteiger partial charge is 0.240 e. The molecule has 5 nitrogen and oxygen atoms in total. The second-order valence-corrected chi connectivity index (χ2v) is 8.58. The average molecular weight is 405 g/mol. The van der Waals surface area contributed by atoms with Gasteiger partial charge in [-0.15, -0.1) is 0 Å². The number of oxazole rings is 1. The number of hydrogen-bond acceptors (Lipinski definition) is 4. The highest BCUT2D eigenvalue weighted by molar-refractivity contribution is 9.10. The predicted octanol–water partition coefficient (Wildman–Crippen LogP) is 3.95. The molecule has 1 aliphatic heterocycles. The number of carbonyl (C=O) groups is 2. The van der Waals surface area contributed by atoms with E-state index in [1.54, 1.807) is 6.20 Å². The summed E-state index contributed by atoms with van der Waals surface area (Å²) in [5.41, 5.74) is -0.188. The molecule has 1 fully saturated rings. The van der Waals surface area contributed by atoms with Crippen molar-refractivity contribution in [2.24, 2.45) is 0 Å². The molecule has 0 unspecified atom stereocenters. The third-order valence-electron chi connectivity index (χ3n) is 4.59. The van der Waals surface area contributed by atoms with Crippen LogP contribution in [0.2, 0.25) is 0 Å². The third kappa shape index (κ3) is 3.27. The Balaban J connectivity index is 1.84. The average Bonchev–Trinajstić information content (AvgIpc) is 3.08. The molecule has 1 aromatic carbocycles. The summed E-state index contributed by atoms with van der Waals surface area (Å²) in [6.07, 6.45) is 1.81. The van der Waals surface area contributed by atoms with Crippen LogP contribution in [0.15, 0.2) is 39.4 Å². The zero-order valence-electron chi connectivity index (χ0n) is 14.8. The summed E-state index contributed by atoms with van der Waals surface area (Å²) >= 11 is 3.39. The van der Waals surface area contributed by atoms with E-state index in [0.29, 0.717) is 5.89 Å². The first kappa shape index (κ1) is 17.9. The molecule has 3 rings (SSSR count). The maximum atomic E-state index is 13.0. The van der Waals surface area contributed by atoms with E-state index in [9.17, 15) is 9.59 Å². The molecule has 1 atom stereocenters. The molecule has 1 saturated heterocycles. The van der Waals surface area contributed by atoms with E-state index in [1.165, 1.54) is 4.90 Å². The largest absolute Gasteiger partial charge is 0.443 e. The van der Waals surface area contributed by atoms with Crippen molar-refractivity contribution in [3.05, 3.63) is 52.1 Å². The summed E-state index contributed by atoms with van der Waals surface area (Å²) in [6.45, 7) is 7.95. The van der Waals surface area contributed by atoms with Crippen LogP contribution in [0.4, 0.5) is 0 Å². The van der Waals surface area contributed by atoms with Gasteiger partial charge in [-0.3, -0.25) is 14.5 Å². The van der Waals surface area contributed by atoms with Crippen LogP contribution in [0, 0.1) is 0 Å². The number of rotatable bonds is 3. The molecule has 1 aromatic heterocycles. The normalized spacial score (nSPS) is 21.2. The van der Waals surface area contributed by atoms with Crippen molar-refractivity contribution in [1.29, 1.82) is 0 Å². The van der Waals surface area contributed by atoms with Gasteiger partial charge in [0.25, 0.3) is 0 Å². The van der Waals surface area contributed by atoms with Crippen LogP contribution in [0.1, 0.15) is 51.3 Å². The SMILES string of the molecule is CC(C)(C)c1cnc(CN2C(=O)C[C@@](C)(c3ccc(Br)cc3)C2=O)o1. The van der Waals surface area contributed by atoms with Crippen LogP contribution in [0.3, 0.4) is 0 Å². The standard InChI is InChI=1S/C19H21BrN2O3/c1-18(2,3)14-10-21-15(25-14)11-22-16(23)9-19(4,17(22)24)12-5-7-13(20)8-6-12/h5-8,10H,9,11H2,1-4H3/t19-/m0/s1. The highest BCUT2D eigenvalue weighted by Crippen LogP contribution is 2.37. The molecule has 6 heteroatoms. The van der Waals surface area contributed by atoms with E-state index < -0.39 is 5.41 Å². The first-order valence-electron chi connectivity index (χ1n) is 8.17. The monoisotopic (exact) mass is 404 g/mol. The van der Waals surface area contributed by atoms with Gasteiger partial charge >= 0.3 is 0 Å². The van der Waals surface area contributed by atoms with Crippen molar-refractivity contribution in [3.63, 3.8) is 0 Å². The minimum atomic E-state index is -0.850. The van der Waals surface area contributed by atoms with Gasteiger partial charge in [-0.2, -0.15) is 0 Å². The number of likely N-dealkylation sites (tertiary alicyclic amines) is 1. The highest BCUT2D eigenvalue weighted by Gasteiger charge is 2.49. The number of aromatic nitrogens is 1. The molecule has 2 aromatic rings. The van der Waals surface area contributed by atoms with Crippen LogP contribution in [0.25, 0.3) is 0 Å². The van der Waals surface area contributed by atoms with Crippen LogP contribution < -0.4 is 0 Å². The molecule has 25 heavy (non-hydrogen) atoms. The number of hydrogen-bond donors (Lipinski definition) is 0. The quantitative estimate of drug-likeness (QED) is 0.726. The van der Waals surface area contributed by atoms with Gasteiger partial charge in [-0.05, 0) is 24.6 Å². The summed E-state index contributed by atoms with van der Waals surface area (Å²) in [5, 5.41) is 0. The topological polar surface area (TPSA) is 63.4 Å². The second kappa shape index (κ2) is 6.09. The van der Waals surface area contributed by atoms with Crippen molar-refractivity contribution in [3.8, 4) is 0 Å². The van der Waals surface area contributed by atoms with Crippen LogP contribution in [-0.4, -0.2) is 21.7 Å². The molecule has 0 radical (unpaired) electrons. The minimum absolute atomic E-state index is 0.0693. The van der Waals surface area contributed by atoms with Gasteiger partial charge in [0.2, 0.25) is 17.7 Å². The van der Waals surface area contributed by atoms with Gasteiger partial charge in [-0.1, -0.05) is 48.8 Å². The zero-order valence-corrected chi connectivity index (χ0v) is 16.4. The maximum Gasteiger partial charge on any atom is 0.240 e. The van der Waals surface area contributed by atoms with Crippen molar-refractivity contribution >= 4 is 27.7 Å². The molecule has 0 spiro atoms. The summed E-state index contributed by atoms with van der Waals surface area (Å²) in [5.74, 6) is 0.699. The lowest BCUT2D eigenvalue weighted by atomic mass is 9.81. The van der Waals surface area contributed by atoms with E-state index in [0.717, 1.165) is 15.8 Å². The Bertz CT molecular complexity index is 820. The molecular formula is C19H21BrN2O3. The Labute approximate surface area is 155 Å². The Morgan fingerprint density at radius 1 is 1.24 bits per heavy atom. The van der Waals surface area contributed by atoms with Crippen molar-refractivity contribution in [1.82, 2.24) is 9.88 Å². The van der Waals surface area contributed by atoms with Crippen molar-refractivity contribution in [2.75, 3.05) is 0 Å². The zero-order chi connectivity index (χ0) is 18.4. The Kier molecular flexibility index (Phi) is 4.35. The molecule has 0 aliphatic carbocycles. The fraction of sp³-hybridized carbons (Fsp3) is 0.421. The summed E-state index contributed by atoms with van der Waals surface area (Å²) in [6, 6.07) is 7.51. The molecule has 0 saturated carbocycles. The Morgan fingerprint density at radius 3 is 2.44 bits per heavy atom. The number of carbonyl (C=O) groups excluding carboxylic acids is 2. The fourth-order valence-electron chi connectivity index (χ4n) is 2.95. The maximum absolute atomic E-state index is 13.0. The lowest BCUT2D eigenvalue weighted by Crippen LogP contribution is -2.36. The van der Waals surface area contributed by atoms with Gasteiger partial charge in [0.1, 0.15) is 12.3 Å². The summed E-state index contributed by atoms with van der Waals surface area (Å²) in [7, 11) is 0. The molecule has 2 heterocycles. The molecular weight excluding hydrogens is 384 g/mol. The van der Waals surface area contributed by atoms with E-state index in [-0.39, 0.29) is 30.2 Å². The van der Waals surface area contributed by atoms with Crippen LogP contribution in [0.5, 0.6) is 0 Å². The van der Waals surface area contributed by atoms with Crippen molar-refractivity contribution in [2.45, 2.75) is 51.5 Å². The van der Waals surface area contributed by atoms with Crippen molar-refractivity contribution < 1.29 is 14.0 Å². The Morgan fingerprint density at radius 2 is 1.88 bits per heavy atom. The number of imide groups is 1. The number of nitrogens with zero attached hydrogens (tertiary/aromatic N) is 2. The predicted molar refractivity (Wildman–Crippen MR) is 96.9 cm³/mol. The van der Waals surface area contributed by atoms with Gasteiger partial charge in [0.15, 0.2) is 0 Å². The van der Waals surface area contributed by atoms with Crippen LogP contribution in [-0.2, 0) is 27.0 Å². The fourth-order valence-corrected chi connectivity index (χ4v) is 3.22. The Hall–Kier alpha value is -1.95. The molecule has 132 valence electrons.